The summed E-state index contributed by atoms with van der Waals surface area (Å²) in [7, 11) is 0. The van der Waals surface area contributed by atoms with E-state index in [1.807, 2.05) is 42.9 Å². The summed E-state index contributed by atoms with van der Waals surface area (Å²) >= 11 is 1.72. The second-order valence-electron chi connectivity index (χ2n) is 5.11. The van der Waals surface area contributed by atoms with E-state index in [-0.39, 0.29) is 5.25 Å². The summed E-state index contributed by atoms with van der Waals surface area (Å²) < 4.78 is 2.05. The lowest BCUT2D eigenvalue weighted by atomic mass is 10.1. The standard InChI is InChI=1S/C18H16N2O2S/c21-18(22)15-6-8-16(9-7-15)23-17(12-20-11-10-19-13-20)14-4-2-1-3-5-14/h1-11,13,17H,12H2,(H,21,22). The first-order valence-electron chi connectivity index (χ1n) is 7.23. The van der Waals surface area contributed by atoms with Crippen molar-refractivity contribution in [1.82, 2.24) is 9.55 Å². The molecule has 116 valence electrons. The fourth-order valence-corrected chi connectivity index (χ4v) is 3.47. The third-order valence-electron chi connectivity index (χ3n) is 3.49. The molecule has 0 amide bonds. The molecule has 0 radical (unpaired) electrons. The van der Waals surface area contributed by atoms with Crippen LogP contribution in [0.15, 0.2) is 78.2 Å². The Labute approximate surface area is 138 Å². The van der Waals surface area contributed by atoms with Gasteiger partial charge in [-0.05, 0) is 29.8 Å². The number of nitrogens with zero attached hydrogens (tertiary/aromatic N) is 2. The zero-order chi connectivity index (χ0) is 16.1. The summed E-state index contributed by atoms with van der Waals surface area (Å²) in [6.07, 6.45) is 5.53. The van der Waals surface area contributed by atoms with Crippen molar-refractivity contribution in [3.05, 3.63) is 84.4 Å². The second kappa shape index (κ2) is 7.15. The van der Waals surface area contributed by atoms with E-state index in [0.29, 0.717) is 5.56 Å². The lowest BCUT2D eigenvalue weighted by Gasteiger charge is -2.18. The Morgan fingerprint density at radius 1 is 1.13 bits per heavy atom. The largest absolute Gasteiger partial charge is 0.478 e. The average Bonchev–Trinajstić information content (AvgIpc) is 3.09. The molecule has 0 saturated heterocycles. The minimum atomic E-state index is -0.903. The zero-order valence-electron chi connectivity index (χ0n) is 12.4. The fourth-order valence-electron chi connectivity index (χ4n) is 2.30. The van der Waals surface area contributed by atoms with Gasteiger partial charge in [0.2, 0.25) is 0 Å². The molecule has 1 aromatic heterocycles. The maximum Gasteiger partial charge on any atom is 0.335 e. The number of aromatic nitrogens is 2. The monoisotopic (exact) mass is 324 g/mol. The molecule has 4 nitrogen and oxygen atoms in total. The number of imidazole rings is 1. The first-order chi connectivity index (χ1) is 11.2. The molecule has 0 fully saturated rings. The molecule has 2 aromatic carbocycles. The Balaban J connectivity index is 1.82. The van der Waals surface area contributed by atoms with E-state index in [2.05, 4.69) is 21.7 Å². The Bertz CT molecular complexity index is 755. The van der Waals surface area contributed by atoms with Gasteiger partial charge in [-0.15, -0.1) is 11.8 Å². The van der Waals surface area contributed by atoms with Crippen molar-refractivity contribution in [3.63, 3.8) is 0 Å². The molecule has 23 heavy (non-hydrogen) atoms. The quantitative estimate of drug-likeness (QED) is 0.693. The number of hydrogen-bond donors (Lipinski definition) is 1. The van der Waals surface area contributed by atoms with Crippen molar-refractivity contribution < 1.29 is 9.90 Å². The predicted molar refractivity (Wildman–Crippen MR) is 90.7 cm³/mol. The van der Waals surface area contributed by atoms with Crippen molar-refractivity contribution >= 4 is 17.7 Å². The van der Waals surface area contributed by atoms with Crippen LogP contribution in [0.1, 0.15) is 21.2 Å². The van der Waals surface area contributed by atoms with Gasteiger partial charge in [-0.1, -0.05) is 30.3 Å². The van der Waals surface area contributed by atoms with E-state index in [4.69, 9.17) is 5.11 Å². The second-order valence-corrected chi connectivity index (χ2v) is 6.38. The van der Waals surface area contributed by atoms with Gasteiger partial charge >= 0.3 is 5.97 Å². The van der Waals surface area contributed by atoms with Crippen molar-refractivity contribution in [2.75, 3.05) is 0 Å². The van der Waals surface area contributed by atoms with Crippen LogP contribution < -0.4 is 0 Å². The van der Waals surface area contributed by atoms with Crippen LogP contribution in [0.5, 0.6) is 0 Å². The van der Waals surface area contributed by atoms with E-state index in [9.17, 15) is 4.79 Å². The van der Waals surface area contributed by atoms with Crippen molar-refractivity contribution in [1.29, 1.82) is 0 Å². The number of thioether (sulfide) groups is 1. The molecule has 0 aliphatic carbocycles. The highest BCUT2D eigenvalue weighted by molar-refractivity contribution is 7.99. The van der Waals surface area contributed by atoms with Crippen LogP contribution in [-0.4, -0.2) is 20.6 Å². The van der Waals surface area contributed by atoms with Crippen LogP contribution in [0.4, 0.5) is 0 Å². The first-order valence-corrected chi connectivity index (χ1v) is 8.11. The van der Waals surface area contributed by atoms with E-state index >= 15 is 0 Å². The predicted octanol–water partition coefficient (Wildman–Crippen LogP) is 4.11. The highest BCUT2D eigenvalue weighted by Crippen LogP contribution is 2.36. The molecule has 0 saturated carbocycles. The third-order valence-corrected chi connectivity index (χ3v) is 4.74. The van der Waals surface area contributed by atoms with Crippen LogP contribution >= 0.6 is 11.8 Å². The molecule has 0 bridgehead atoms. The molecule has 5 heteroatoms. The molecule has 3 rings (SSSR count). The van der Waals surface area contributed by atoms with Crippen LogP contribution in [-0.2, 0) is 6.54 Å². The number of rotatable bonds is 6. The van der Waals surface area contributed by atoms with Gasteiger partial charge < -0.3 is 9.67 Å². The molecule has 0 aliphatic rings. The molecular weight excluding hydrogens is 308 g/mol. The normalized spacial score (nSPS) is 12.0. The molecule has 0 aliphatic heterocycles. The van der Waals surface area contributed by atoms with Crippen LogP contribution in [0, 0.1) is 0 Å². The van der Waals surface area contributed by atoms with Gasteiger partial charge in [-0.25, -0.2) is 9.78 Å². The Kier molecular flexibility index (Phi) is 4.78. The molecule has 1 atom stereocenters. The molecule has 1 unspecified atom stereocenters. The number of carboxylic acid groups (broad SMARTS) is 1. The number of hydrogen-bond acceptors (Lipinski definition) is 3. The lowest BCUT2D eigenvalue weighted by molar-refractivity contribution is 0.0697. The Morgan fingerprint density at radius 2 is 1.87 bits per heavy atom. The number of benzene rings is 2. The SMILES string of the molecule is O=C(O)c1ccc(SC(Cn2ccnc2)c2ccccc2)cc1. The number of carbonyl (C=O) groups is 1. The molecular formula is C18H16N2O2S. The van der Waals surface area contributed by atoms with Gasteiger partial charge in [0.15, 0.2) is 0 Å². The first kappa shape index (κ1) is 15.4. The highest BCUT2D eigenvalue weighted by atomic mass is 32.2. The van der Waals surface area contributed by atoms with E-state index in [1.165, 1.54) is 5.56 Å². The number of aromatic carboxylic acids is 1. The van der Waals surface area contributed by atoms with E-state index in [1.54, 1.807) is 30.1 Å². The van der Waals surface area contributed by atoms with Crippen LogP contribution in [0.25, 0.3) is 0 Å². The van der Waals surface area contributed by atoms with Crippen LogP contribution in [0.2, 0.25) is 0 Å². The summed E-state index contributed by atoms with van der Waals surface area (Å²) in [6, 6.07) is 17.3. The van der Waals surface area contributed by atoms with Crippen molar-refractivity contribution in [2.24, 2.45) is 0 Å². The van der Waals surface area contributed by atoms with Gasteiger partial charge in [0.05, 0.1) is 17.1 Å². The molecule has 3 aromatic rings. The number of carboxylic acids is 1. The smallest absolute Gasteiger partial charge is 0.335 e. The summed E-state index contributed by atoms with van der Waals surface area (Å²) in [4.78, 5) is 16.1. The summed E-state index contributed by atoms with van der Waals surface area (Å²) in [5, 5.41) is 9.21. The topological polar surface area (TPSA) is 55.1 Å². The molecule has 1 heterocycles. The van der Waals surface area contributed by atoms with Gasteiger partial charge in [-0.3, -0.25) is 0 Å². The van der Waals surface area contributed by atoms with Gasteiger partial charge in [0.25, 0.3) is 0 Å². The van der Waals surface area contributed by atoms with Gasteiger partial charge in [0.1, 0.15) is 0 Å². The minimum absolute atomic E-state index is 0.223. The van der Waals surface area contributed by atoms with Gasteiger partial charge in [-0.2, -0.15) is 0 Å². The fraction of sp³-hybridized carbons (Fsp3) is 0.111. The molecule has 0 spiro atoms. The Morgan fingerprint density at radius 3 is 2.48 bits per heavy atom. The van der Waals surface area contributed by atoms with E-state index < -0.39 is 5.97 Å². The maximum absolute atomic E-state index is 11.0. The summed E-state index contributed by atoms with van der Waals surface area (Å²) in [5.74, 6) is -0.903. The van der Waals surface area contributed by atoms with E-state index in [0.717, 1.165) is 11.4 Å². The summed E-state index contributed by atoms with van der Waals surface area (Å²) in [5.41, 5.74) is 1.54. The minimum Gasteiger partial charge on any atom is -0.478 e. The Hall–Kier alpha value is -2.53. The van der Waals surface area contributed by atoms with Crippen molar-refractivity contribution in [3.8, 4) is 0 Å². The average molecular weight is 324 g/mol. The summed E-state index contributed by atoms with van der Waals surface area (Å²) in [6.45, 7) is 0.801. The maximum atomic E-state index is 11.0. The zero-order valence-corrected chi connectivity index (χ0v) is 13.2. The third kappa shape index (κ3) is 4.02. The van der Waals surface area contributed by atoms with Gasteiger partial charge in [0, 0.05) is 23.8 Å². The van der Waals surface area contributed by atoms with Crippen molar-refractivity contribution in [2.45, 2.75) is 16.7 Å². The molecule has 1 N–H and O–H groups in total. The van der Waals surface area contributed by atoms with Crippen LogP contribution in [0.3, 0.4) is 0 Å². The lowest BCUT2D eigenvalue weighted by Crippen LogP contribution is -2.05. The highest BCUT2D eigenvalue weighted by Gasteiger charge is 2.14.